The van der Waals surface area contributed by atoms with Crippen LogP contribution in [0.15, 0.2) is 78.9 Å². The molecule has 0 radical (unpaired) electrons. The number of aryl methyl sites for hydroxylation is 3. The van der Waals surface area contributed by atoms with Crippen LogP contribution in [0.3, 0.4) is 0 Å². The molecule has 0 amide bonds. The third-order valence-electron chi connectivity index (χ3n) is 4.57. The predicted molar refractivity (Wildman–Crippen MR) is 106 cm³/mol. The molecule has 1 aromatic heterocycles. The first-order valence-electron chi connectivity index (χ1n) is 8.43. The van der Waals surface area contributed by atoms with E-state index in [0.29, 0.717) is 0 Å². The van der Waals surface area contributed by atoms with Crippen LogP contribution in [0.4, 0.5) is 0 Å². The largest absolute Gasteiger partial charge is 0.140 e. The molecule has 0 saturated carbocycles. The van der Waals surface area contributed by atoms with E-state index in [1.807, 2.05) is 11.3 Å². The highest BCUT2D eigenvalue weighted by Crippen LogP contribution is 2.40. The Balaban J connectivity index is 1.80. The van der Waals surface area contributed by atoms with Crippen LogP contribution in [0.1, 0.15) is 16.0 Å². The van der Waals surface area contributed by atoms with E-state index in [-0.39, 0.29) is 0 Å². The summed E-state index contributed by atoms with van der Waals surface area (Å²) in [7, 11) is 0. The maximum Gasteiger partial charge on any atom is 0.0352 e. The van der Waals surface area contributed by atoms with Gasteiger partial charge in [-0.2, -0.15) is 0 Å². The van der Waals surface area contributed by atoms with Crippen LogP contribution in [0.25, 0.3) is 21.2 Å². The molecule has 0 N–H and O–H groups in total. The van der Waals surface area contributed by atoms with E-state index < -0.39 is 0 Å². The molecule has 0 aliphatic rings. The molecule has 0 spiro atoms. The number of rotatable bonds is 4. The van der Waals surface area contributed by atoms with E-state index in [1.165, 1.54) is 37.2 Å². The maximum absolute atomic E-state index is 2.26. The van der Waals surface area contributed by atoms with Crippen molar-refractivity contribution in [1.82, 2.24) is 0 Å². The standard InChI is InChI=1S/C23H20S/c1-17-9-5-6-12-19(17)23-20-13-7-8-14-21(20)24-22(23)16-15-18-10-3-2-4-11-18/h2-14H,15-16H2,1H3. The molecule has 0 nitrogen and oxygen atoms in total. The van der Waals surface area contributed by atoms with Gasteiger partial charge in [-0.1, -0.05) is 72.8 Å². The van der Waals surface area contributed by atoms with E-state index in [0.717, 1.165) is 12.8 Å². The second-order valence-corrected chi connectivity index (χ2v) is 7.33. The molecule has 0 bridgehead atoms. The van der Waals surface area contributed by atoms with Crippen LogP contribution in [0, 0.1) is 6.92 Å². The fourth-order valence-electron chi connectivity index (χ4n) is 3.32. The van der Waals surface area contributed by atoms with Crippen molar-refractivity contribution in [3.63, 3.8) is 0 Å². The molecule has 1 heterocycles. The van der Waals surface area contributed by atoms with Crippen molar-refractivity contribution in [2.45, 2.75) is 19.8 Å². The van der Waals surface area contributed by atoms with Gasteiger partial charge in [-0.25, -0.2) is 0 Å². The number of benzene rings is 3. The fourth-order valence-corrected chi connectivity index (χ4v) is 4.54. The zero-order valence-electron chi connectivity index (χ0n) is 13.8. The van der Waals surface area contributed by atoms with Crippen LogP contribution in [0.5, 0.6) is 0 Å². The van der Waals surface area contributed by atoms with Gasteiger partial charge in [-0.3, -0.25) is 0 Å². The van der Waals surface area contributed by atoms with Gasteiger partial charge in [-0.05, 0) is 42.5 Å². The van der Waals surface area contributed by atoms with Gasteiger partial charge in [0.05, 0.1) is 0 Å². The molecule has 1 heteroatoms. The van der Waals surface area contributed by atoms with Crippen molar-refractivity contribution >= 4 is 21.4 Å². The van der Waals surface area contributed by atoms with E-state index >= 15 is 0 Å². The minimum absolute atomic E-state index is 1.09. The normalized spacial score (nSPS) is 11.0. The highest BCUT2D eigenvalue weighted by Gasteiger charge is 2.15. The van der Waals surface area contributed by atoms with Crippen LogP contribution in [-0.2, 0) is 12.8 Å². The summed E-state index contributed by atoms with van der Waals surface area (Å²) in [5.41, 5.74) is 5.57. The van der Waals surface area contributed by atoms with Crippen LogP contribution < -0.4 is 0 Å². The lowest BCUT2D eigenvalue weighted by atomic mass is 9.96. The Hall–Kier alpha value is -2.38. The first kappa shape index (κ1) is 15.2. The number of hydrogen-bond donors (Lipinski definition) is 0. The van der Waals surface area contributed by atoms with E-state index in [9.17, 15) is 0 Å². The smallest absolute Gasteiger partial charge is 0.0352 e. The summed E-state index contributed by atoms with van der Waals surface area (Å²) < 4.78 is 1.39. The zero-order valence-corrected chi connectivity index (χ0v) is 14.6. The Morgan fingerprint density at radius 1 is 0.708 bits per heavy atom. The van der Waals surface area contributed by atoms with Gasteiger partial charge < -0.3 is 0 Å². The first-order chi connectivity index (χ1) is 11.8. The summed E-state index contributed by atoms with van der Waals surface area (Å²) in [6.07, 6.45) is 2.18. The second-order valence-electron chi connectivity index (χ2n) is 6.20. The summed E-state index contributed by atoms with van der Waals surface area (Å²) >= 11 is 1.95. The third-order valence-corrected chi connectivity index (χ3v) is 5.80. The highest BCUT2D eigenvalue weighted by atomic mass is 32.1. The van der Waals surface area contributed by atoms with E-state index in [1.54, 1.807) is 0 Å². The average molecular weight is 328 g/mol. The van der Waals surface area contributed by atoms with Crippen molar-refractivity contribution in [2.75, 3.05) is 0 Å². The Kier molecular flexibility index (Phi) is 4.18. The molecule has 0 unspecified atom stereocenters. The van der Waals surface area contributed by atoms with Gasteiger partial charge in [0.15, 0.2) is 0 Å². The highest BCUT2D eigenvalue weighted by molar-refractivity contribution is 7.19. The number of fused-ring (bicyclic) bond motifs is 1. The molecule has 3 aromatic carbocycles. The van der Waals surface area contributed by atoms with Crippen molar-refractivity contribution < 1.29 is 0 Å². The molecule has 4 aromatic rings. The first-order valence-corrected chi connectivity index (χ1v) is 9.25. The Morgan fingerprint density at radius 2 is 1.42 bits per heavy atom. The van der Waals surface area contributed by atoms with Crippen LogP contribution in [0.2, 0.25) is 0 Å². The van der Waals surface area contributed by atoms with Crippen LogP contribution in [-0.4, -0.2) is 0 Å². The molecule has 0 atom stereocenters. The molecule has 4 rings (SSSR count). The fraction of sp³-hybridized carbons (Fsp3) is 0.130. The molecule has 24 heavy (non-hydrogen) atoms. The molecule has 0 fully saturated rings. The summed E-state index contributed by atoms with van der Waals surface area (Å²) in [4.78, 5) is 1.49. The van der Waals surface area contributed by atoms with Gasteiger partial charge in [0.2, 0.25) is 0 Å². The maximum atomic E-state index is 2.26. The Morgan fingerprint density at radius 3 is 2.25 bits per heavy atom. The van der Waals surface area contributed by atoms with Crippen molar-refractivity contribution in [1.29, 1.82) is 0 Å². The van der Waals surface area contributed by atoms with E-state index in [4.69, 9.17) is 0 Å². The lowest BCUT2D eigenvalue weighted by Crippen LogP contribution is -1.92. The minimum Gasteiger partial charge on any atom is -0.140 e. The van der Waals surface area contributed by atoms with Gasteiger partial charge in [0.25, 0.3) is 0 Å². The molecular weight excluding hydrogens is 308 g/mol. The van der Waals surface area contributed by atoms with E-state index in [2.05, 4.69) is 85.8 Å². The monoisotopic (exact) mass is 328 g/mol. The third kappa shape index (κ3) is 2.88. The summed E-state index contributed by atoms with van der Waals surface area (Å²) in [6.45, 7) is 2.21. The summed E-state index contributed by atoms with van der Waals surface area (Å²) in [5, 5.41) is 1.39. The zero-order chi connectivity index (χ0) is 16.4. The van der Waals surface area contributed by atoms with Crippen LogP contribution >= 0.6 is 11.3 Å². The SMILES string of the molecule is Cc1ccccc1-c1c(CCc2ccccc2)sc2ccccc12. The van der Waals surface area contributed by atoms with Gasteiger partial charge in [0.1, 0.15) is 0 Å². The summed E-state index contributed by atoms with van der Waals surface area (Å²) in [6, 6.07) is 28.3. The topological polar surface area (TPSA) is 0 Å². The number of thiophene rings is 1. The van der Waals surface area contributed by atoms with Crippen molar-refractivity contribution in [2.24, 2.45) is 0 Å². The van der Waals surface area contributed by atoms with Gasteiger partial charge >= 0.3 is 0 Å². The average Bonchev–Trinajstić information content (AvgIpc) is 2.99. The van der Waals surface area contributed by atoms with Gasteiger partial charge in [-0.15, -0.1) is 11.3 Å². The molecule has 0 saturated heterocycles. The van der Waals surface area contributed by atoms with Crippen molar-refractivity contribution in [3.05, 3.63) is 94.9 Å². The lowest BCUT2D eigenvalue weighted by molar-refractivity contribution is 0.983. The molecule has 0 aliphatic carbocycles. The number of hydrogen-bond acceptors (Lipinski definition) is 1. The lowest BCUT2D eigenvalue weighted by Gasteiger charge is -2.09. The van der Waals surface area contributed by atoms with Gasteiger partial charge in [0, 0.05) is 20.5 Å². The van der Waals surface area contributed by atoms with Crippen molar-refractivity contribution in [3.8, 4) is 11.1 Å². The molecule has 118 valence electrons. The minimum atomic E-state index is 1.09. The second kappa shape index (κ2) is 6.62. The quantitative estimate of drug-likeness (QED) is 0.393. The Labute approximate surface area is 147 Å². The predicted octanol–water partition coefficient (Wildman–Crippen LogP) is 6.66. The molecule has 0 aliphatic heterocycles. The Bertz CT molecular complexity index is 964. The molecular formula is C23H20S. The summed E-state index contributed by atoms with van der Waals surface area (Å²) in [5.74, 6) is 0.